The Labute approximate surface area is 87.5 Å². The van der Waals surface area contributed by atoms with E-state index in [0.29, 0.717) is 6.54 Å². The summed E-state index contributed by atoms with van der Waals surface area (Å²) in [6.07, 6.45) is 6.47. The van der Waals surface area contributed by atoms with Crippen molar-refractivity contribution in [1.82, 2.24) is 0 Å². The molecule has 82 valence electrons. The Hall–Kier alpha value is -0.590. The highest BCUT2D eigenvalue weighted by molar-refractivity contribution is 4.80. The largest absolute Gasteiger partial charge is 0.329 e. The Balaban J connectivity index is 3.25. The summed E-state index contributed by atoms with van der Waals surface area (Å²) in [7, 11) is 0. The predicted octanol–water partition coefficient (Wildman–Crippen LogP) is 1.77. The van der Waals surface area contributed by atoms with Crippen molar-refractivity contribution < 1.29 is 0 Å². The molecule has 0 aliphatic carbocycles. The molecular formula is C11H23N3. The van der Waals surface area contributed by atoms with Crippen molar-refractivity contribution in [2.24, 2.45) is 17.4 Å². The summed E-state index contributed by atoms with van der Waals surface area (Å²) in [5, 5.41) is 8.72. The number of nitrogens with two attached hydrogens (primary N) is 2. The molecule has 0 saturated heterocycles. The van der Waals surface area contributed by atoms with Crippen LogP contribution in [0, 0.1) is 17.2 Å². The molecule has 2 atom stereocenters. The number of nitrogens with zero attached hydrogens (tertiary/aromatic N) is 1. The first kappa shape index (κ1) is 13.4. The van der Waals surface area contributed by atoms with Crippen molar-refractivity contribution in [3.8, 4) is 6.07 Å². The Bertz CT molecular complexity index is 162. The summed E-state index contributed by atoms with van der Waals surface area (Å²) in [5.41, 5.74) is 11.1. The summed E-state index contributed by atoms with van der Waals surface area (Å²) < 4.78 is 0. The highest BCUT2D eigenvalue weighted by atomic mass is 14.7. The van der Waals surface area contributed by atoms with E-state index in [4.69, 9.17) is 16.7 Å². The molecule has 0 spiro atoms. The molecule has 0 aromatic heterocycles. The third kappa shape index (κ3) is 6.88. The van der Waals surface area contributed by atoms with E-state index in [1.165, 1.54) is 6.42 Å². The van der Waals surface area contributed by atoms with E-state index in [1.54, 1.807) is 0 Å². The molecule has 2 unspecified atom stereocenters. The maximum Gasteiger partial charge on any atom is 0.0655 e. The lowest BCUT2D eigenvalue weighted by Crippen LogP contribution is -2.29. The second kappa shape index (κ2) is 8.98. The molecule has 14 heavy (non-hydrogen) atoms. The van der Waals surface area contributed by atoms with Gasteiger partial charge in [0, 0.05) is 18.5 Å². The number of nitriles is 1. The molecule has 3 heteroatoms. The zero-order valence-corrected chi connectivity index (χ0v) is 9.21. The van der Waals surface area contributed by atoms with Crippen molar-refractivity contribution in [1.29, 1.82) is 5.26 Å². The fraction of sp³-hybridized carbons (Fsp3) is 0.909. The van der Waals surface area contributed by atoms with Gasteiger partial charge in [0.15, 0.2) is 0 Å². The second-order valence-electron chi connectivity index (χ2n) is 3.87. The zero-order chi connectivity index (χ0) is 10.8. The molecule has 0 amide bonds. The Morgan fingerprint density at radius 1 is 1.21 bits per heavy atom. The van der Waals surface area contributed by atoms with Crippen molar-refractivity contribution in [2.75, 3.05) is 6.54 Å². The average Bonchev–Trinajstić information content (AvgIpc) is 2.23. The highest BCUT2D eigenvalue weighted by Gasteiger charge is 2.04. The van der Waals surface area contributed by atoms with Gasteiger partial charge in [0.1, 0.15) is 0 Å². The fourth-order valence-electron chi connectivity index (χ4n) is 1.45. The van der Waals surface area contributed by atoms with Crippen LogP contribution in [0.1, 0.15) is 45.4 Å². The molecule has 0 aromatic rings. The number of rotatable bonds is 8. The molecule has 0 aromatic carbocycles. The Morgan fingerprint density at radius 3 is 2.36 bits per heavy atom. The van der Waals surface area contributed by atoms with Crippen LogP contribution in [0.2, 0.25) is 0 Å². The molecule has 0 aliphatic rings. The van der Waals surface area contributed by atoms with Crippen LogP contribution in [0.5, 0.6) is 0 Å². The van der Waals surface area contributed by atoms with E-state index in [9.17, 15) is 0 Å². The first-order valence-corrected chi connectivity index (χ1v) is 5.59. The summed E-state index contributed by atoms with van der Waals surface area (Å²) >= 11 is 0. The molecule has 0 heterocycles. The summed E-state index contributed by atoms with van der Waals surface area (Å²) in [6, 6.07) is 2.48. The van der Waals surface area contributed by atoms with Gasteiger partial charge in [-0.3, -0.25) is 0 Å². The van der Waals surface area contributed by atoms with Gasteiger partial charge >= 0.3 is 0 Å². The maximum absolute atomic E-state index is 8.72. The van der Waals surface area contributed by atoms with E-state index < -0.39 is 0 Å². The molecule has 0 bridgehead atoms. The van der Waals surface area contributed by atoms with Gasteiger partial charge in [-0.2, -0.15) is 5.26 Å². The van der Waals surface area contributed by atoms with E-state index >= 15 is 0 Å². The zero-order valence-electron chi connectivity index (χ0n) is 9.21. The smallest absolute Gasteiger partial charge is 0.0655 e. The van der Waals surface area contributed by atoms with Gasteiger partial charge in [-0.15, -0.1) is 0 Å². The molecule has 0 radical (unpaired) electrons. The van der Waals surface area contributed by atoms with Crippen LogP contribution >= 0.6 is 0 Å². The third-order valence-electron chi connectivity index (χ3n) is 2.61. The minimum Gasteiger partial charge on any atom is -0.329 e. The molecule has 0 fully saturated rings. The van der Waals surface area contributed by atoms with Gasteiger partial charge in [0.25, 0.3) is 0 Å². The van der Waals surface area contributed by atoms with Crippen LogP contribution in [0.15, 0.2) is 0 Å². The van der Waals surface area contributed by atoms with Crippen LogP contribution in [0.3, 0.4) is 0 Å². The first-order chi connectivity index (χ1) is 6.74. The lowest BCUT2D eigenvalue weighted by Gasteiger charge is -2.08. The van der Waals surface area contributed by atoms with Crippen LogP contribution in [-0.4, -0.2) is 12.6 Å². The molecule has 4 N–H and O–H groups in total. The minimum atomic E-state index is 0.160. The maximum atomic E-state index is 8.72. The van der Waals surface area contributed by atoms with Crippen LogP contribution in [0.25, 0.3) is 0 Å². The van der Waals surface area contributed by atoms with Gasteiger partial charge in [0.05, 0.1) is 6.07 Å². The third-order valence-corrected chi connectivity index (χ3v) is 2.61. The number of unbranched alkanes of at least 4 members (excludes halogenated alkanes) is 2. The predicted molar refractivity (Wildman–Crippen MR) is 59.5 cm³/mol. The van der Waals surface area contributed by atoms with Crippen molar-refractivity contribution >= 4 is 0 Å². The number of hydrogen-bond donors (Lipinski definition) is 2. The Kier molecular flexibility index (Phi) is 8.61. The molecule has 3 nitrogen and oxygen atoms in total. The normalized spacial score (nSPS) is 14.7. The van der Waals surface area contributed by atoms with Crippen LogP contribution in [-0.2, 0) is 0 Å². The fourth-order valence-corrected chi connectivity index (χ4v) is 1.45. The van der Waals surface area contributed by atoms with Crippen LogP contribution in [0.4, 0.5) is 0 Å². The quantitative estimate of drug-likeness (QED) is 0.582. The summed E-state index contributed by atoms with van der Waals surface area (Å²) in [6.45, 7) is 2.65. The molecule has 0 aliphatic heterocycles. The van der Waals surface area contributed by atoms with E-state index in [-0.39, 0.29) is 12.0 Å². The van der Waals surface area contributed by atoms with Crippen molar-refractivity contribution in [2.45, 2.75) is 51.5 Å². The first-order valence-electron chi connectivity index (χ1n) is 5.59. The monoisotopic (exact) mass is 197 g/mol. The lowest BCUT2D eigenvalue weighted by molar-refractivity contribution is 0.502. The van der Waals surface area contributed by atoms with E-state index in [1.807, 2.05) is 0 Å². The minimum absolute atomic E-state index is 0.160. The van der Waals surface area contributed by atoms with E-state index in [2.05, 4.69) is 13.0 Å². The molecule has 0 saturated carbocycles. The van der Waals surface area contributed by atoms with E-state index in [0.717, 1.165) is 32.1 Å². The average molecular weight is 197 g/mol. The van der Waals surface area contributed by atoms with Gasteiger partial charge in [0.2, 0.25) is 0 Å². The van der Waals surface area contributed by atoms with Gasteiger partial charge in [-0.25, -0.2) is 0 Å². The summed E-state index contributed by atoms with van der Waals surface area (Å²) in [5.74, 6) is 0.248. The molecule has 0 rings (SSSR count). The van der Waals surface area contributed by atoms with Crippen molar-refractivity contribution in [3.05, 3.63) is 0 Å². The highest BCUT2D eigenvalue weighted by Crippen LogP contribution is 2.13. The SMILES string of the molecule is CCC(C#N)CCCCCC(N)CN. The lowest BCUT2D eigenvalue weighted by atomic mass is 9.99. The standard InChI is InChI=1S/C11H23N3/c1-2-10(8-12)6-4-3-5-7-11(14)9-13/h10-11H,2-7,9,13-14H2,1H3. The van der Waals surface area contributed by atoms with Crippen LogP contribution < -0.4 is 11.5 Å². The van der Waals surface area contributed by atoms with Gasteiger partial charge < -0.3 is 11.5 Å². The van der Waals surface area contributed by atoms with Gasteiger partial charge in [-0.05, 0) is 19.3 Å². The van der Waals surface area contributed by atoms with Gasteiger partial charge in [-0.1, -0.05) is 26.2 Å². The Morgan fingerprint density at radius 2 is 1.86 bits per heavy atom. The summed E-state index contributed by atoms with van der Waals surface area (Å²) in [4.78, 5) is 0. The number of hydrogen-bond acceptors (Lipinski definition) is 3. The topological polar surface area (TPSA) is 75.8 Å². The second-order valence-corrected chi connectivity index (χ2v) is 3.87. The molecular weight excluding hydrogens is 174 g/mol. The van der Waals surface area contributed by atoms with Crippen molar-refractivity contribution in [3.63, 3.8) is 0 Å².